The third-order valence-corrected chi connectivity index (χ3v) is 5.26. The van der Waals surface area contributed by atoms with E-state index in [4.69, 9.17) is 9.47 Å². The van der Waals surface area contributed by atoms with E-state index < -0.39 is 0 Å². The van der Waals surface area contributed by atoms with E-state index in [2.05, 4.69) is 26.6 Å². The van der Waals surface area contributed by atoms with Crippen molar-refractivity contribution in [3.8, 4) is 11.5 Å². The normalized spacial score (nSPS) is 10.3. The number of hydrogen-bond acceptors (Lipinski definition) is 5. The predicted octanol–water partition coefficient (Wildman–Crippen LogP) is 3.01. The van der Waals surface area contributed by atoms with Gasteiger partial charge in [0.05, 0.1) is 19.1 Å². The summed E-state index contributed by atoms with van der Waals surface area (Å²) in [6, 6.07) is 7.30. The van der Waals surface area contributed by atoms with Crippen molar-refractivity contribution in [2.24, 2.45) is 0 Å². The molecule has 0 saturated carbocycles. The lowest BCUT2D eigenvalue weighted by molar-refractivity contribution is -0.120. The Bertz CT molecular complexity index is 750. The molecule has 8 heteroatoms. The maximum atomic E-state index is 11.9. The summed E-state index contributed by atoms with van der Waals surface area (Å²) in [5.41, 5.74) is 1.01. The van der Waals surface area contributed by atoms with Gasteiger partial charge in [0.15, 0.2) is 11.5 Å². The fourth-order valence-electron chi connectivity index (χ4n) is 2.30. The second-order valence-corrected chi connectivity index (χ2v) is 7.18. The fraction of sp³-hybridized carbons (Fsp3) is 0.333. The molecule has 0 unspecified atom stereocenters. The van der Waals surface area contributed by atoms with Gasteiger partial charge in [-0.15, -0.1) is 11.3 Å². The predicted molar refractivity (Wildman–Crippen MR) is 105 cm³/mol. The van der Waals surface area contributed by atoms with Gasteiger partial charge >= 0.3 is 0 Å². The van der Waals surface area contributed by atoms with Crippen LogP contribution in [0.25, 0.3) is 0 Å². The molecule has 0 saturated heterocycles. The van der Waals surface area contributed by atoms with Crippen molar-refractivity contribution < 1.29 is 19.1 Å². The van der Waals surface area contributed by atoms with Crippen LogP contribution in [0.4, 0.5) is 0 Å². The molecule has 6 nitrogen and oxygen atoms in total. The molecule has 1 aromatic carbocycles. The quantitative estimate of drug-likeness (QED) is 0.628. The van der Waals surface area contributed by atoms with Gasteiger partial charge in [-0.05, 0) is 35.6 Å². The molecule has 1 aromatic heterocycles. The molecule has 140 valence electrons. The largest absolute Gasteiger partial charge is 0.493 e. The number of thiophene rings is 1. The summed E-state index contributed by atoms with van der Waals surface area (Å²) in [6.45, 7) is 0.800. The van der Waals surface area contributed by atoms with E-state index in [1.54, 1.807) is 20.3 Å². The summed E-state index contributed by atoms with van der Waals surface area (Å²) in [5.74, 6) is 1.04. The van der Waals surface area contributed by atoms with Gasteiger partial charge in [0.1, 0.15) is 0 Å². The fourth-order valence-corrected chi connectivity index (χ4v) is 3.46. The van der Waals surface area contributed by atoms with Crippen LogP contribution in [-0.4, -0.2) is 39.1 Å². The van der Waals surface area contributed by atoms with Crippen LogP contribution in [0.5, 0.6) is 11.5 Å². The van der Waals surface area contributed by atoms with Crippen molar-refractivity contribution in [3.05, 3.63) is 44.6 Å². The van der Waals surface area contributed by atoms with E-state index in [1.807, 2.05) is 23.6 Å². The molecule has 2 N–H and O–H groups in total. The average molecular weight is 441 g/mol. The molecule has 0 spiro atoms. The summed E-state index contributed by atoms with van der Waals surface area (Å²) >= 11 is 4.87. The second kappa shape index (κ2) is 10.2. The van der Waals surface area contributed by atoms with Gasteiger partial charge in [-0.25, -0.2) is 0 Å². The zero-order chi connectivity index (χ0) is 18.9. The molecule has 2 rings (SSSR count). The lowest BCUT2D eigenvalue weighted by atomic mass is 10.1. The smallest absolute Gasteiger partial charge is 0.261 e. The summed E-state index contributed by atoms with van der Waals surface area (Å²) in [6.07, 6.45) is 0.887. The van der Waals surface area contributed by atoms with Crippen LogP contribution in [-0.2, 0) is 11.2 Å². The molecule has 0 bridgehead atoms. The zero-order valence-corrected chi connectivity index (χ0v) is 17.0. The molecule has 0 aliphatic heterocycles. The Morgan fingerprint density at radius 2 is 1.85 bits per heavy atom. The highest BCUT2D eigenvalue weighted by Crippen LogP contribution is 2.33. The van der Waals surface area contributed by atoms with Gasteiger partial charge in [0.25, 0.3) is 5.91 Å². The van der Waals surface area contributed by atoms with Crippen LogP contribution < -0.4 is 20.1 Å². The van der Waals surface area contributed by atoms with Crippen LogP contribution in [0.2, 0.25) is 0 Å². The topological polar surface area (TPSA) is 76.7 Å². The Labute approximate surface area is 165 Å². The summed E-state index contributed by atoms with van der Waals surface area (Å²) in [4.78, 5) is 24.3. The molecule has 0 atom stereocenters. The van der Waals surface area contributed by atoms with E-state index in [0.717, 1.165) is 10.0 Å². The first kappa shape index (κ1) is 20.3. The highest BCUT2D eigenvalue weighted by atomic mass is 79.9. The molecular formula is C18H21BrN2O4S. The molecule has 1 heterocycles. The molecule has 0 radical (unpaired) electrons. The minimum Gasteiger partial charge on any atom is -0.493 e. The van der Waals surface area contributed by atoms with E-state index >= 15 is 0 Å². The summed E-state index contributed by atoms with van der Waals surface area (Å²) in [7, 11) is 3.17. The number of amides is 2. The summed E-state index contributed by atoms with van der Waals surface area (Å²) in [5, 5.41) is 7.43. The van der Waals surface area contributed by atoms with E-state index in [0.29, 0.717) is 35.9 Å². The van der Waals surface area contributed by atoms with Crippen LogP contribution in [0.15, 0.2) is 34.1 Å². The van der Waals surface area contributed by atoms with Gasteiger partial charge in [-0.3, -0.25) is 9.59 Å². The number of halogens is 1. The maximum Gasteiger partial charge on any atom is 0.261 e. The highest BCUT2D eigenvalue weighted by molar-refractivity contribution is 9.10. The van der Waals surface area contributed by atoms with Gasteiger partial charge in [0.2, 0.25) is 5.91 Å². The van der Waals surface area contributed by atoms with Crippen molar-refractivity contribution in [1.29, 1.82) is 0 Å². The molecular weight excluding hydrogens is 420 g/mol. The van der Waals surface area contributed by atoms with Crippen molar-refractivity contribution >= 4 is 39.1 Å². The van der Waals surface area contributed by atoms with Gasteiger partial charge in [-0.1, -0.05) is 22.0 Å². The van der Waals surface area contributed by atoms with Crippen molar-refractivity contribution in [2.75, 3.05) is 27.3 Å². The van der Waals surface area contributed by atoms with Gasteiger partial charge in [0, 0.05) is 24.0 Å². The molecule has 2 amide bonds. The first-order chi connectivity index (χ1) is 12.5. The maximum absolute atomic E-state index is 11.9. The standard InChI is InChI=1S/C18H21BrN2O4S/c1-24-14-10-12(13(19)11-15(14)25-2)5-7-20-17(22)6-8-21-18(23)16-4-3-9-26-16/h3-4,9-11H,5-8H2,1-2H3,(H,20,22)(H,21,23). The number of hydrogen-bond donors (Lipinski definition) is 2. The summed E-state index contributed by atoms with van der Waals surface area (Å²) < 4.78 is 11.4. The van der Waals surface area contributed by atoms with Crippen LogP contribution in [0.1, 0.15) is 21.7 Å². The third-order valence-electron chi connectivity index (χ3n) is 3.65. The van der Waals surface area contributed by atoms with Crippen molar-refractivity contribution in [1.82, 2.24) is 10.6 Å². The first-order valence-corrected chi connectivity index (χ1v) is 9.71. The van der Waals surface area contributed by atoms with Gasteiger partial charge in [-0.2, -0.15) is 0 Å². The van der Waals surface area contributed by atoms with E-state index in [-0.39, 0.29) is 18.2 Å². The molecule has 0 aliphatic carbocycles. The minimum atomic E-state index is -0.151. The zero-order valence-electron chi connectivity index (χ0n) is 14.6. The molecule has 26 heavy (non-hydrogen) atoms. The van der Waals surface area contributed by atoms with Crippen molar-refractivity contribution in [3.63, 3.8) is 0 Å². The monoisotopic (exact) mass is 440 g/mol. The van der Waals surface area contributed by atoms with Gasteiger partial charge < -0.3 is 20.1 Å². The number of rotatable bonds is 9. The number of carbonyl (C=O) groups is 2. The SMILES string of the molecule is COc1cc(Br)c(CCNC(=O)CCNC(=O)c2cccs2)cc1OC. The number of methoxy groups -OCH3 is 2. The highest BCUT2D eigenvalue weighted by Gasteiger charge is 2.10. The third kappa shape index (κ3) is 5.74. The number of ether oxygens (including phenoxy) is 2. The molecule has 0 fully saturated rings. The number of benzene rings is 1. The Morgan fingerprint density at radius 3 is 2.50 bits per heavy atom. The number of carbonyl (C=O) groups excluding carboxylic acids is 2. The second-order valence-electron chi connectivity index (χ2n) is 5.38. The van der Waals surface area contributed by atoms with Crippen LogP contribution in [0.3, 0.4) is 0 Å². The van der Waals surface area contributed by atoms with Crippen LogP contribution in [0, 0.1) is 0 Å². The van der Waals surface area contributed by atoms with E-state index in [9.17, 15) is 9.59 Å². The first-order valence-electron chi connectivity index (χ1n) is 8.04. The van der Waals surface area contributed by atoms with Crippen molar-refractivity contribution in [2.45, 2.75) is 12.8 Å². The molecule has 2 aromatic rings. The lowest BCUT2D eigenvalue weighted by Crippen LogP contribution is -2.31. The molecule has 0 aliphatic rings. The van der Waals surface area contributed by atoms with E-state index in [1.165, 1.54) is 11.3 Å². The Morgan fingerprint density at radius 1 is 1.12 bits per heavy atom. The Balaban J connectivity index is 1.73. The Kier molecular flexibility index (Phi) is 7.93. The minimum absolute atomic E-state index is 0.104. The number of nitrogens with one attached hydrogen (secondary N) is 2. The Hall–Kier alpha value is -2.06. The average Bonchev–Trinajstić information content (AvgIpc) is 3.17. The van der Waals surface area contributed by atoms with Crippen LogP contribution >= 0.6 is 27.3 Å². The lowest BCUT2D eigenvalue weighted by Gasteiger charge is -2.12.